The normalized spacial score (nSPS) is 21.9. The van der Waals surface area contributed by atoms with Gasteiger partial charge in [0.15, 0.2) is 0 Å². The maximum Gasteiger partial charge on any atom is 0.269 e. The van der Waals surface area contributed by atoms with Crippen LogP contribution in [0.3, 0.4) is 0 Å². The lowest BCUT2D eigenvalue weighted by atomic mass is 10.1. The van der Waals surface area contributed by atoms with Crippen molar-refractivity contribution in [3.63, 3.8) is 0 Å². The average Bonchev–Trinajstić information content (AvgIpc) is 2.92. The van der Waals surface area contributed by atoms with Crippen molar-refractivity contribution in [1.82, 2.24) is 4.31 Å². The van der Waals surface area contributed by atoms with Gasteiger partial charge in [0.2, 0.25) is 0 Å². The Morgan fingerprint density at radius 3 is 2.63 bits per heavy atom. The van der Waals surface area contributed by atoms with Crippen LogP contribution >= 0.6 is 22.6 Å². The average molecular weight is 391 g/mol. The molecule has 0 radical (unpaired) electrons. The molecule has 19 heavy (non-hydrogen) atoms. The first-order valence-corrected chi connectivity index (χ1v) is 8.88. The molecule has 1 aliphatic carbocycles. The molecule has 0 saturated heterocycles. The molecule has 0 unspecified atom stereocenters. The molecule has 0 aromatic heterocycles. The van der Waals surface area contributed by atoms with Gasteiger partial charge in [0.25, 0.3) is 15.9 Å². The van der Waals surface area contributed by atoms with Gasteiger partial charge in [0, 0.05) is 10.1 Å². The van der Waals surface area contributed by atoms with Gasteiger partial charge in [-0.1, -0.05) is 12.8 Å². The highest BCUT2D eigenvalue weighted by Crippen LogP contribution is 2.34. The van der Waals surface area contributed by atoms with Crippen LogP contribution in [0.15, 0.2) is 23.1 Å². The van der Waals surface area contributed by atoms with Crippen molar-refractivity contribution in [2.24, 2.45) is 5.92 Å². The smallest absolute Gasteiger partial charge is 0.268 e. The topological polar surface area (TPSA) is 54.5 Å². The largest absolute Gasteiger partial charge is 0.269 e. The third kappa shape index (κ3) is 2.18. The molecule has 6 heteroatoms. The molecule has 0 spiro atoms. The summed E-state index contributed by atoms with van der Waals surface area (Å²) in [6.07, 6.45) is 4.32. The minimum absolute atomic E-state index is 0.169. The second-order valence-electron chi connectivity index (χ2n) is 5.13. The van der Waals surface area contributed by atoms with E-state index in [1.54, 1.807) is 18.2 Å². The molecule has 1 aromatic rings. The molecule has 102 valence electrons. The summed E-state index contributed by atoms with van der Waals surface area (Å²) < 4.78 is 26.8. The maximum absolute atomic E-state index is 12.4. The van der Waals surface area contributed by atoms with Gasteiger partial charge in [-0.25, -0.2) is 12.7 Å². The lowest BCUT2D eigenvalue weighted by Crippen LogP contribution is -2.34. The summed E-state index contributed by atoms with van der Waals surface area (Å²) in [5.41, 5.74) is 0.318. The molecule has 0 bridgehead atoms. The lowest BCUT2D eigenvalue weighted by Gasteiger charge is -2.19. The minimum Gasteiger partial charge on any atom is -0.268 e. The van der Waals surface area contributed by atoms with Gasteiger partial charge in [0.1, 0.15) is 4.90 Å². The van der Waals surface area contributed by atoms with E-state index in [2.05, 4.69) is 22.6 Å². The fourth-order valence-corrected chi connectivity index (χ4v) is 5.23. The number of nitrogens with zero attached hydrogens (tertiary/aromatic N) is 1. The number of rotatable bonds is 2. The molecular weight excluding hydrogens is 377 g/mol. The molecule has 1 amide bonds. The predicted octanol–water partition coefficient (Wildman–Crippen LogP) is 2.63. The number of sulfonamides is 1. The van der Waals surface area contributed by atoms with Gasteiger partial charge < -0.3 is 0 Å². The fraction of sp³-hybridized carbons (Fsp3) is 0.462. The molecule has 4 nitrogen and oxygen atoms in total. The zero-order valence-corrected chi connectivity index (χ0v) is 13.3. The first-order chi connectivity index (χ1) is 9.00. The summed E-state index contributed by atoms with van der Waals surface area (Å²) >= 11 is 2.06. The summed E-state index contributed by atoms with van der Waals surface area (Å²) in [5, 5.41) is 0. The second kappa shape index (κ2) is 4.73. The monoisotopic (exact) mass is 391 g/mol. The fourth-order valence-electron chi connectivity index (χ4n) is 2.86. The van der Waals surface area contributed by atoms with Gasteiger partial charge in [-0.3, -0.25) is 4.79 Å². The standard InChI is InChI=1S/C13H14INO3S/c14-10-5-6-11-12(7-10)19(17,18)15(13(11)16)8-9-3-1-2-4-9/h5-7,9H,1-4,8H2. The zero-order chi connectivity index (χ0) is 13.6. The van der Waals surface area contributed by atoms with Gasteiger partial charge in [-0.15, -0.1) is 0 Å². The Balaban J connectivity index is 1.98. The van der Waals surface area contributed by atoms with Crippen LogP contribution in [0, 0.1) is 9.49 Å². The highest BCUT2D eigenvalue weighted by molar-refractivity contribution is 14.1. The van der Waals surface area contributed by atoms with Crippen molar-refractivity contribution in [3.05, 3.63) is 27.3 Å². The van der Waals surface area contributed by atoms with Crippen molar-refractivity contribution in [2.45, 2.75) is 30.6 Å². The Kier molecular flexibility index (Phi) is 3.33. The quantitative estimate of drug-likeness (QED) is 0.729. The van der Waals surface area contributed by atoms with E-state index in [-0.39, 0.29) is 10.8 Å². The molecule has 2 aliphatic rings. The van der Waals surface area contributed by atoms with Crippen molar-refractivity contribution in [2.75, 3.05) is 6.54 Å². The van der Waals surface area contributed by atoms with Crippen molar-refractivity contribution >= 4 is 38.5 Å². The van der Waals surface area contributed by atoms with Gasteiger partial charge in [-0.2, -0.15) is 0 Å². The summed E-state index contributed by atoms with van der Waals surface area (Å²) in [6.45, 7) is 0.340. The van der Waals surface area contributed by atoms with E-state index >= 15 is 0 Å². The molecule has 1 saturated carbocycles. The van der Waals surface area contributed by atoms with E-state index in [9.17, 15) is 13.2 Å². The number of fused-ring (bicyclic) bond motifs is 1. The van der Waals surface area contributed by atoms with Crippen molar-refractivity contribution < 1.29 is 13.2 Å². The first-order valence-electron chi connectivity index (χ1n) is 6.37. The Hall–Kier alpha value is -0.630. The molecule has 0 atom stereocenters. The molecule has 3 rings (SSSR count). The molecule has 1 aromatic carbocycles. The number of amides is 1. The zero-order valence-electron chi connectivity index (χ0n) is 10.3. The lowest BCUT2D eigenvalue weighted by molar-refractivity contribution is 0.0857. The van der Waals surface area contributed by atoms with Crippen LogP contribution in [0.4, 0.5) is 0 Å². The predicted molar refractivity (Wildman–Crippen MR) is 79.3 cm³/mol. The summed E-state index contributed by atoms with van der Waals surface area (Å²) in [6, 6.07) is 4.97. The number of hydrogen-bond donors (Lipinski definition) is 0. The first kappa shape index (κ1) is 13.4. The van der Waals surface area contributed by atoms with Crippen LogP contribution in [0.2, 0.25) is 0 Å². The Morgan fingerprint density at radius 2 is 1.95 bits per heavy atom. The summed E-state index contributed by atoms with van der Waals surface area (Å²) in [5.74, 6) is -0.0367. The molecular formula is C13H14INO3S. The number of carbonyl (C=O) groups is 1. The van der Waals surface area contributed by atoms with E-state index in [0.29, 0.717) is 18.0 Å². The van der Waals surface area contributed by atoms with E-state index in [1.165, 1.54) is 0 Å². The number of hydrogen-bond acceptors (Lipinski definition) is 3. The maximum atomic E-state index is 12.4. The second-order valence-corrected chi connectivity index (χ2v) is 8.21. The van der Waals surface area contributed by atoms with Crippen LogP contribution in [-0.2, 0) is 10.0 Å². The SMILES string of the molecule is O=C1c2ccc(I)cc2S(=O)(=O)N1CC1CCCC1. The van der Waals surface area contributed by atoms with Crippen LogP contribution in [0.1, 0.15) is 36.0 Å². The van der Waals surface area contributed by atoms with Gasteiger partial charge in [0.05, 0.1) is 5.56 Å². The number of carbonyl (C=O) groups excluding carboxylic acids is 1. The van der Waals surface area contributed by atoms with E-state index in [4.69, 9.17) is 0 Å². The van der Waals surface area contributed by atoms with Crippen molar-refractivity contribution in [3.8, 4) is 0 Å². The Labute approximate surface area is 126 Å². The third-order valence-corrected chi connectivity index (χ3v) is 6.33. The molecule has 1 aliphatic heterocycles. The number of halogens is 1. The third-order valence-electron chi connectivity index (χ3n) is 3.87. The highest BCUT2D eigenvalue weighted by atomic mass is 127. The molecule has 0 N–H and O–H groups in total. The number of benzene rings is 1. The van der Waals surface area contributed by atoms with E-state index < -0.39 is 10.0 Å². The molecule has 1 heterocycles. The van der Waals surface area contributed by atoms with Crippen LogP contribution in [0.25, 0.3) is 0 Å². The van der Waals surface area contributed by atoms with Crippen LogP contribution < -0.4 is 0 Å². The summed E-state index contributed by atoms with van der Waals surface area (Å²) in [4.78, 5) is 12.4. The van der Waals surface area contributed by atoms with E-state index in [0.717, 1.165) is 33.6 Å². The van der Waals surface area contributed by atoms with Crippen molar-refractivity contribution in [1.29, 1.82) is 0 Å². The Morgan fingerprint density at radius 1 is 1.26 bits per heavy atom. The van der Waals surface area contributed by atoms with Crippen LogP contribution in [0.5, 0.6) is 0 Å². The summed E-state index contributed by atoms with van der Waals surface area (Å²) in [7, 11) is -3.63. The minimum atomic E-state index is -3.63. The van der Waals surface area contributed by atoms with Crippen LogP contribution in [-0.4, -0.2) is 25.2 Å². The Bertz CT molecular complexity index is 635. The van der Waals surface area contributed by atoms with E-state index in [1.807, 2.05) is 0 Å². The molecule has 1 fully saturated rings. The van der Waals surface area contributed by atoms with Gasteiger partial charge >= 0.3 is 0 Å². The van der Waals surface area contributed by atoms with Gasteiger partial charge in [-0.05, 0) is 59.5 Å². The highest BCUT2D eigenvalue weighted by Gasteiger charge is 2.42.